The van der Waals surface area contributed by atoms with E-state index in [1.807, 2.05) is 30.3 Å². The van der Waals surface area contributed by atoms with Crippen LogP contribution in [-0.4, -0.2) is 10.9 Å². The second-order valence-corrected chi connectivity index (χ2v) is 7.82. The third-order valence-electron chi connectivity index (χ3n) is 7.10. The number of hydrogen-bond donors (Lipinski definition) is 1. The van der Waals surface area contributed by atoms with Crippen molar-refractivity contribution in [3.63, 3.8) is 0 Å². The number of phenolic OH excluding ortho intramolecular Hbond substituents is 1. The fourth-order valence-corrected chi connectivity index (χ4v) is 6.28. The largest absolute Gasteiger partial charge is 0.507 e. The molecule has 3 aliphatic rings. The van der Waals surface area contributed by atoms with Gasteiger partial charge in [-0.15, -0.1) is 0 Å². The molecule has 2 bridgehead atoms. The van der Waals surface area contributed by atoms with E-state index in [1.54, 1.807) is 6.07 Å². The van der Waals surface area contributed by atoms with Crippen LogP contribution in [-0.2, 0) is 0 Å². The van der Waals surface area contributed by atoms with Crippen molar-refractivity contribution in [2.75, 3.05) is 0 Å². The molecule has 118 valence electrons. The van der Waals surface area contributed by atoms with Crippen LogP contribution in [0.4, 0.5) is 0 Å². The molecule has 4 unspecified atom stereocenters. The average Bonchev–Trinajstić information content (AvgIpc) is 3.27. The number of carbonyl (C=O) groups excluding carboxylic acids is 1. The molecule has 0 aliphatic heterocycles. The van der Waals surface area contributed by atoms with Gasteiger partial charge in [-0.3, -0.25) is 4.79 Å². The summed E-state index contributed by atoms with van der Waals surface area (Å²) in [6.07, 6.45) is 7.37. The first-order chi connectivity index (χ1) is 11.2. The summed E-state index contributed by atoms with van der Waals surface area (Å²) in [5.74, 6) is 2.63. The summed E-state index contributed by atoms with van der Waals surface area (Å²) in [6.45, 7) is 0. The van der Waals surface area contributed by atoms with Gasteiger partial charge in [0.2, 0.25) is 0 Å². The van der Waals surface area contributed by atoms with Crippen LogP contribution < -0.4 is 0 Å². The van der Waals surface area contributed by atoms with Gasteiger partial charge in [-0.2, -0.15) is 0 Å². The lowest BCUT2D eigenvalue weighted by Crippen LogP contribution is -2.40. The molecule has 1 N–H and O–H groups in total. The number of benzene rings is 2. The Morgan fingerprint density at radius 2 is 1.87 bits per heavy atom. The van der Waals surface area contributed by atoms with E-state index in [-0.39, 0.29) is 11.2 Å². The Bertz CT molecular complexity index is 809. The van der Waals surface area contributed by atoms with Gasteiger partial charge in [0, 0.05) is 16.4 Å². The number of Topliss-reactive ketones (excluding diaryl/α,β-unsaturated/α-hetero) is 1. The molecule has 3 saturated carbocycles. The number of phenols is 1. The van der Waals surface area contributed by atoms with E-state index < -0.39 is 0 Å². The molecule has 5 rings (SSSR count). The van der Waals surface area contributed by atoms with Crippen LogP contribution >= 0.6 is 0 Å². The van der Waals surface area contributed by atoms with Gasteiger partial charge in [0.05, 0.1) is 0 Å². The number of aromatic hydroxyl groups is 1. The molecule has 2 aromatic rings. The summed E-state index contributed by atoms with van der Waals surface area (Å²) in [5.41, 5.74) is 0.737. The lowest BCUT2D eigenvalue weighted by atomic mass is 9.63. The monoisotopic (exact) mass is 306 g/mol. The van der Waals surface area contributed by atoms with Crippen molar-refractivity contribution in [1.29, 1.82) is 0 Å². The van der Waals surface area contributed by atoms with Crippen molar-refractivity contribution in [2.24, 2.45) is 23.2 Å². The first-order valence-corrected chi connectivity index (χ1v) is 8.97. The molecule has 0 amide bonds. The van der Waals surface area contributed by atoms with Crippen LogP contribution in [0, 0.1) is 23.2 Å². The highest BCUT2D eigenvalue weighted by Crippen LogP contribution is 2.67. The van der Waals surface area contributed by atoms with Crippen LogP contribution in [0.3, 0.4) is 0 Å². The Kier molecular flexibility index (Phi) is 2.72. The Balaban J connectivity index is 1.68. The van der Waals surface area contributed by atoms with Crippen molar-refractivity contribution in [3.05, 3.63) is 42.0 Å². The van der Waals surface area contributed by atoms with Gasteiger partial charge in [0.1, 0.15) is 5.75 Å². The molecule has 3 aliphatic carbocycles. The van der Waals surface area contributed by atoms with Crippen LogP contribution in [0.5, 0.6) is 5.75 Å². The Morgan fingerprint density at radius 3 is 2.78 bits per heavy atom. The van der Waals surface area contributed by atoms with Crippen molar-refractivity contribution in [2.45, 2.75) is 38.5 Å². The highest BCUT2D eigenvalue weighted by Gasteiger charge is 2.63. The van der Waals surface area contributed by atoms with Gasteiger partial charge in [-0.05, 0) is 61.3 Å². The van der Waals surface area contributed by atoms with E-state index in [0.29, 0.717) is 17.6 Å². The molecule has 0 radical (unpaired) electrons. The minimum atomic E-state index is -0.0946. The van der Waals surface area contributed by atoms with E-state index in [9.17, 15) is 9.90 Å². The zero-order valence-corrected chi connectivity index (χ0v) is 13.3. The maximum atomic E-state index is 13.7. The number of hydrogen-bond acceptors (Lipinski definition) is 2. The van der Waals surface area contributed by atoms with Crippen molar-refractivity contribution in [3.8, 4) is 5.75 Å². The Labute approximate surface area is 136 Å². The smallest absolute Gasteiger partial charge is 0.170 e. The summed E-state index contributed by atoms with van der Waals surface area (Å²) < 4.78 is 0. The first kappa shape index (κ1) is 13.6. The quantitative estimate of drug-likeness (QED) is 0.798. The summed E-state index contributed by atoms with van der Waals surface area (Å²) in [6, 6.07) is 11.3. The maximum Gasteiger partial charge on any atom is 0.170 e. The summed E-state index contributed by atoms with van der Waals surface area (Å²) in [7, 11) is 0. The Hall–Kier alpha value is -1.83. The normalized spacial score (nSPS) is 34.9. The van der Waals surface area contributed by atoms with Crippen molar-refractivity contribution in [1.82, 2.24) is 0 Å². The second kappa shape index (κ2) is 4.59. The average molecular weight is 306 g/mol. The van der Waals surface area contributed by atoms with Crippen LogP contribution in [0.15, 0.2) is 36.4 Å². The molecule has 4 atom stereocenters. The van der Waals surface area contributed by atoms with E-state index in [2.05, 4.69) is 0 Å². The number of rotatable bonds is 2. The van der Waals surface area contributed by atoms with Crippen LogP contribution in [0.25, 0.3) is 10.8 Å². The summed E-state index contributed by atoms with van der Waals surface area (Å²) in [4.78, 5) is 13.7. The molecule has 2 aromatic carbocycles. The highest BCUT2D eigenvalue weighted by atomic mass is 16.3. The topological polar surface area (TPSA) is 37.3 Å². The van der Waals surface area contributed by atoms with Gasteiger partial charge >= 0.3 is 0 Å². The predicted octanol–water partition coefficient (Wildman–Crippen LogP) is 4.94. The zero-order chi connectivity index (χ0) is 15.6. The molecule has 0 aromatic heterocycles. The van der Waals surface area contributed by atoms with Gasteiger partial charge in [0.25, 0.3) is 0 Å². The van der Waals surface area contributed by atoms with Crippen LogP contribution in [0.2, 0.25) is 0 Å². The second-order valence-electron chi connectivity index (χ2n) is 7.82. The number of fused-ring (bicyclic) bond motifs is 6. The third-order valence-corrected chi connectivity index (χ3v) is 7.10. The first-order valence-electron chi connectivity index (χ1n) is 8.97. The van der Waals surface area contributed by atoms with Gasteiger partial charge in [-0.1, -0.05) is 36.8 Å². The summed E-state index contributed by atoms with van der Waals surface area (Å²) in [5, 5.41) is 11.8. The predicted molar refractivity (Wildman–Crippen MR) is 90.5 cm³/mol. The standard InChI is InChI=1S/C21H22O2/c22-19-8-2-4-15-16(19)5-1-6-17(15)20(23)21-11-3-7-18(21)13-9-10-14(21)12-13/h1-2,4-6,8,13-14,18,22H,3,7,9-12H2. The minimum absolute atomic E-state index is 0.0946. The summed E-state index contributed by atoms with van der Waals surface area (Å²) >= 11 is 0. The number of ketones is 1. The minimum Gasteiger partial charge on any atom is -0.507 e. The lowest BCUT2D eigenvalue weighted by Gasteiger charge is -2.38. The van der Waals surface area contributed by atoms with Crippen LogP contribution in [0.1, 0.15) is 48.9 Å². The molecule has 0 saturated heterocycles. The third kappa shape index (κ3) is 1.62. The highest BCUT2D eigenvalue weighted by molar-refractivity contribution is 6.12. The van der Waals surface area contributed by atoms with Gasteiger partial charge < -0.3 is 5.11 Å². The molecule has 23 heavy (non-hydrogen) atoms. The fraction of sp³-hybridized carbons (Fsp3) is 0.476. The van der Waals surface area contributed by atoms with Crippen molar-refractivity contribution < 1.29 is 9.90 Å². The molecular formula is C21H22O2. The van der Waals surface area contributed by atoms with E-state index >= 15 is 0 Å². The van der Waals surface area contributed by atoms with E-state index in [0.717, 1.165) is 28.7 Å². The van der Waals surface area contributed by atoms with Crippen molar-refractivity contribution >= 4 is 16.6 Å². The molecule has 0 spiro atoms. The molecule has 0 heterocycles. The SMILES string of the molecule is O=C(c1cccc2c(O)cccc12)C12CCCC1C1CCC2C1. The molecule has 3 fully saturated rings. The van der Waals surface area contributed by atoms with Gasteiger partial charge in [-0.25, -0.2) is 0 Å². The van der Waals surface area contributed by atoms with Gasteiger partial charge in [0.15, 0.2) is 5.78 Å². The van der Waals surface area contributed by atoms with E-state index in [4.69, 9.17) is 0 Å². The Morgan fingerprint density at radius 1 is 1.04 bits per heavy atom. The fourth-order valence-electron chi connectivity index (χ4n) is 6.28. The molecule has 2 nitrogen and oxygen atoms in total. The number of carbonyl (C=O) groups is 1. The zero-order valence-electron chi connectivity index (χ0n) is 13.3. The molecule has 2 heteroatoms. The molecular weight excluding hydrogens is 284 g/mol. The van der Waals surface area contributed by atoms with E-state index in [1.165, 1.54) is 32.1 Å². The maximum absolute atomic E-state index is 13.7. The lowest BCUT2D eigenvalue weighted by molar-refractivity contribution is 0.0572.